The van der Waals surface area contributed by atoms with Gasteiger partial charge in [-0.25, -0.2) is 19.9 Å². The van der Waals surface area contributed by atoms with Crippen LogP contribution in [0.4, 0.5) is 0 Å². The summed E-state index contributed by atoms with van der Waals surface area (Å²) in [6.45, 7) is 0. The van der Waals surface area contributed by atoms with Crippen molar-refractivity contribution >= 4 is 143 Å². The van der Waals surface area contributed by atoms with Gasteiger partial charge in [0.1, 0.15) is 33.6 Å². The monoisotopic (exact) mass is 1290 g/mol. The van der Waals surface area contributed by atoms with Gasteiger partial charge in [0.05, 0.1) is 33.1 Å². The second kappa shape index (κ2) is 22.6. The molecule has 1 aliphatic carbocycles. The number of benzene rings is 14. The number of rotatable bonds is 5. The molecule has 0 unspecified atom stereocenters. The zero-order valence-electron chi connectivity index (χ0n) is 53.1. The number of halogens is 1. The van der Waals surface area contributed by atoms with Crippen molar-refractivity contribution in [2.75, 3.05) is 0 Å². The van der Waals surface area contributed by atoms with Crippen LogP contribution in [0.1, 0.15) is 11.1 Å². The van der Waals surface area contributed by atoms with Crippen LogP contribution in [0.25, 0.3) is 182 Å². The lowest BCUT2D eigenvalue weighted by Gasteiger charge is -2.10. The summed E-state index contributed by atoms with van der Waals surface area (Å²) < 4.78 is 19.6. The van der Waals surface area contributed by atoms with Crippen molar-refractivity contribution in [3.8, 4) is 51.0 Å². The van der Waals surface area contributed by atoms with Crippen LogP contribution in [0.2, 0.25) is 5.28 Å². The van der Waals surface area contributed by atoms with Crippen LogP contribution in [-0.4, -0.2) is 33.6 Å². The molecule has 0 spiro atoms. The lowest BCUT2D eigenvalue weighted by atomic mass is 10.0. The van der Waals surface area contributed by atoms with E-state index in [1.54, 1.807) is 0 Å². The van der Waals surface area contributed by atoms with Crippen molar-refractivity contribution in [1.82, 2.24) is 33.6 Å². The number of furan rings is 2. The fourth-order valence-corrected chi connectivity index (χ4v) is 15.5. The molecule has 0 aliphatic heterocycles. The minimum absolute atomic E-state index is 0.205. The van der Waals surface area contributed by atoms with Crippen LogP contribution in [-0.2, 0) is 6.42 Å². The quantitative estimate of drug-likeness (QED) is 0.159. The first-order chi connectivity index (χ1) is 49.0. The second-order valence-electron chi connectivity index (χ2n) is 25.4. The molecule has 99 heavy (non-hydrogen) atoms. The van der Waals surface area contributed by atoms with Crippen molar-refractivity contribution in [2.45, 2.75) is 6.42 Å². The molecular weight excluding hydrogens is 1230 g/mol. The maximum atomic E-state index is 6.58. The first-order valence-electron chi connectivity index (χ1n) is 33.2. The summed E-state index contributed by atoms with van der Waals surface area (Å²) in [6.07, 6.45) is 1.08. The fraction of sp³-hybridized carbons (Fsp3) is 0.0112. The Morgan fingerprint density at radius 2 is 0.707 bits per heavy atom. The van der Waals surface area contributed by atoms with Crippen LogP contribution in [0.5, 0.6) is 0 Å². The fourth-order valence-electron chi connectivity index (χ4n) is 15.3. The third-order valence-corrected chi connectivity index (χ3v) is 19.9. The van der Waals surface area contributed by atoms with Gasteiger partial charge in [-0.1, -0.05) is 206 Å². The van der Waals surface area contributed by atoms with Gasteiger partial charge in [-0.2, -0.15) is 0 Å². The Labute approximate surface area is 570 Å². The van der Waals surface area contributed by atoms with Gasteiger partial charge in [-0.05, 0) is 171 Å². The maximum Gasteiger partial charge on any atom is 0.236 e. The van der Waals surface area contributed by atoms with Gasteiger partial charge in [0.15, 0.2) is 11.2 Å². The standard InChI is InChI=1S/C44H26N4O.C28H16ClN3O.C17H12/c1-2-14-30(15-3-1)47-36-19-9-6-16-31(36)34-25-29(22-23-38(34)47)41-43-42(33-18-8-11-21-40(33)49-43)46-44(45-41)48-37-20-10-7-17-32(37)35-24-27-12-4-5-13-28(27)26-39(35)48;29-28-30-25(27-26(31-28)20-11-5-7-13-24(20)33-27)17-14-15-23-21(16-17)19-10-4-6-12-22(19)32(23)18-8-2-1-3-9-18;1-2-6-13-11-17-15(9-12(13)5-1)10-14-7-3-4-8-16(14)17/h1-26H;1-16H;1-9,11H,10H2. The van der Waals surface area contributed by atoms with Crippen molar-refractivity contribution in [1.29, 1.82) is 0 Å². The van der Waals surface area contributed by atoms with E-state index in [0.717, 1.165) is 111 Å². The molecule has 21 aromatic rings. The molecule has 0 saturated heterocycles. The predicted molar refractivity (Wildman–Crippen MR) is 407 cm³/mol. The number of aromatic nitrogens is 7. The van der Waals surface area contributed by atoms with Crippen LogP contribution >= 0.6 is 11.6 Å². The first kappa shape index (κ1) is 56.4. The van der Waals surface area contributed by atoms with E-state index >= 15 is 0 Å². The Balaban J connectivity index is 0.000000113. The molecule has 0 saturated carbocycles. The number of fused-ring (bicyclic) bond motifs is 20. The highest BCUT2D eigenvalue weighted by Crippen LogP contribution is 2.44. The van der Waals surface area contributed by atoms with Crippen LogP contribution in [0, 0.1) is 0 Å². The smallest absolute Gasteiger partial charge is 0.236 e. The predicted octanol–water partition coefficient (Wildman–Crippen LogP) is 23.6. The molecule has 0 bridgehead atoms. The Morgan fingerprint density at radius 1 is 0.283 bits per heavy atom. The zero-order chi connectivity index (χ0) is 65.2. The number of hydrogen-bond acceptors (Lipinski definition) is 6. The van der Waals surface area contributed by atoms with E-state index in [0.29, 0.717) is 22.8 Å². The molecule has 0 amide bonds. The highest BCUT2D eigenvalue weighted by atomic mass is 35.5. The lowest BCUT2D eigenvalue weighted by molar-refractivity contribution is 0.666. The van der Waals surface area contributed by atoms with Crippen LogP contribution in [0.3, 0.4) is 0 Å². The Morgan fingerprint density at radius 3 is 1.28 bits per heavy atom. The molecule has 0 atom stereocenters. The van der Waals surface area contributed by atoms with Gasteiger partial charge >= 0.3 is 0 Å². The largest absolute Gasteiger partial charge is 0.452 e. The summed E-state index contributed by atoms with van der Waals surface area (Å²) in [5.74, 6) is 0.613. The highest BCUT2D eigenvalue weighted by molar-refractivity contribution is 6.29. The molecule has 14 aromatic carbocycles. The molecule has 10 heteroatoms. The third-order valence-electron chi connectivity index (χ3n) is 19.7. The maximum absolute atomic E-state index is 6.58. The summed E-state index contributed by atoms with van der Waals surface area (Å²) in [4.78, 5) is 19.7. The summed E-state index contributed by atoms with van der Waals surface area (Å²) in [6, 6.07) is 111. The first-order valence-corrected chi connectivity index (χ1v) is 33.6. The van der Waals surface area contributed by atoms with E-state index in [2.05, 4.69) is 291 Å². The molecule has 1 aliphatic rings. The average Bonchev–Trinajstić information content (AvgIpc) is 1.59. The molecule has 0 radical (unpaired) electrons. The summed E-state index contributed by atoms with van der Waals surface area (Å²) in [7, 11) is 0. The summed E-state index contributed by atoms with van der Waals surface area (Å²) >= 11 is 6.36. The molecule has 22 rings (SSSR count). The van der Waals surface area contributed by atoms with Crippen molar-refractivity contribution in [2.24, 2.45) is 0 Å². The number of hydrogen-bond donors (Lipinski definition) is 0. The van der Waals surface area contributed by atoms with Gasteiger partial charge in [0.2, 0.25) is 11.2 Å². The van der Waals surface area contributed by atoms with Gasteiger partial charge in [-0.15, -0.1) is 0 Å². The van der Waals surface area contributed by atoms with Gasteiger partial charge in [0, 0.05) is 65.6 Å². The Bertz CT molecular complexity index is 6860. The van der Waals surface area contributed by atoms with E-state index < -0.39 is 0 Å². The van der Waals surface area contributed by atoms with E-state index in [-0.39, 0.29) is 5.28 Å². The molecule has 7 aromatic heterocycles. The SMILES string of the molecule is Clc1nc(-c2ccc3c(c2)c2ccccc2n3-c2ccccc2)c2oc3ccccc3c2n1.c1ccc(-n2c3ccccc3c3cc(-c4nc(-n5c6ccccc6c6cc7ccccc7cc65)nc5c4oc4ccccc45)ccc32)cc1.c1ccc2c(c1)Cc1cc3ccccc3cc1-2. The minimum atomic E-state index is 0.205. The normalized spacial score (nSPS) is 12.1. The molecule has 9 nitrogen and oxygen atoms in total. The minimum Gasteiger partial charge on any atom is -0.452 e. The van der Waals surface area contributed by atoms with Crippen molar-refractivity contribution in [3.05, 3.63) is 332 Å². The van der Waals surface area contributed by atoms with Gasteiger partial charge in [-0.3, -0.25) is 4.57 Å². The molecule has 0 N–H and O–H groups in total. The number of para-hydroxylation sites is 7. The van der Waals surface area contributed by atoms with Crippen molar-refractivity contribution < 1.29 is 8.83 Å². The second-order valence-corrected chi connectivity index (χ2v) is 25.7. The van der Waals surface area contributed by atoms with E-state index in [9.17, 15) is 0 Å². The lowest BCUT2D eigenvalue weighted by Crippen LogP contribution is -2.03. The zero-order valence-corrected chi connectivity index (χ0v) is 53.8. The Hall–Kier alpha value is -13.0. The molecule has 0 fully saturated rings. The molecule has 7 heterocycles. The average molecular weight is 1290 g/mol. The number of nitrogens with zero attached hydrogens (tertiary/aromatic N) is 7. The van der Waals surface area contributed by atoms with E-state index in [1.165, 1.54) is 65.3 Å². The van der Waals surface area contributed by atoms with Crippen LogP contribution in [0.15, 0.2) is 324 Å². The van der Waals surface area contributed by atoms with Gasteiger partial charge in [0.25, 0.3) is 0 Å². The van der Waals surface area contributed by atoms with Crippen molar-refractivity contribution in [3.63, 3.8) is 0 Å². The van der Waals surface area contributed by atoms with Crippen LogP contribution < -0.4 is 0 Å². The van der Waals surface area contributed by atoms with Gasteiger partial charge < -0.3 is 18.0 Å². The highest BCUT2D eigenvalue weighted by Gasteiger charge is 2.25. The summed E-state index contributed by atoms with van der Waals surface area (Å²) in [5.41, 5.74) is 22.5. The third kappa shape index (κ3) is 9.16. The molecule has 464 valence electrons. The van der Waals surface area contributed by atoms with E-state index in [4.69, 9.17) is 30.4 Å². The summed E-state index contributed by atoms with van der Waals surface area (Å²) in [5, 5.41) is 14.2. The topological polar surface area (TPSA) is 92.6 Å². The van der Waals surface area contributed by atoms with E-state index in [1.807, 2.05) is 48.5 Å². The molecular formula is C89H54ClN7O2. The Kier molecular flexibility index (Phi) is 12.9.